The Kier molecular flexibility index (Phi) is 3.41. The van der Waals surface area contributed by atoms with E-state index in [1.165, 1.54) is 7.11 Å². The largest absolute Gasteiger partial charge is 0.495 e. The number of hydrogen-bond acceptors (Lipinski definition) is 5. The Morgan fingerprint density at radius 2 is 2.16 bits per heavy atom. The van der Waals surface area contributed by atoms with Crippen molar-refractivity contribution in [2.24, 2.45) is 0 Å². The first-order valence-electron chi connectivity index (χ1n) is 5.70. The Hall–Kier alpha value is -2.50. The Bertz CT molecular complexity index is 620. The number of hydrogen-bond donors (Lipinski definition) is 2. The summed E-state index contributed by atoms with van der Waals surface area (Å²) < 4.78 is 10.4. The zero-order valence-electron chi connectivity index (χ0n) is 11.0. The Labute approximate surface area is 110 Å². The van der Waals surface area contributed by atoms with Gasteiger partial charge in [-0.05, 0) is 25.1 Å². The third-order valence-corrected chi connectivity index (χ3v) is 2.58. The Balaban J connectivity index is 2.28. The summed E-state index contributed by atoms with van der Waals surface area (Å²) in [5.41, 5.74) is 7.24. The van der Waals surface area contributed by atoms with E-state index in [0.717, 1.165) is 0 Å². The van der Waals surface area contributed by atoms with Crippen LogP contribution in [0.15, 0.2) is 22.6 Å². The van der Waals surface area contributed by atoms with Crippen LogP contribution < -0.4 is 15.8 Å². The summed E-state index contributed by atoms with van der Waals surface area (Å²) in [7, 11) is 1.52. The number of anilines is 2. The number of aryl methyl sites for hydroxylation is 2. The molecule has 0 aliphatic carbocycles. The van der Waals surface area contributed by atoms with Gasteiger partial charge in [0.05, 0.1) is 18.5 Å². The molecule has 1 amide bonds. The van der Waals surface area contributed by atoms with Crippen molar-refractivity contribution in [3.8, 4) is 5.75 Å². The van der Waals surface area contributed by atoms with Gasteiger partial charge in [-0.25, -0.2) is 4.98 Å². The molecule has 0 spiro atoms. The van der Waals surface area contributed by atoms with Crippen molar-refractivity contribution >= 4 is 17.3 Å². The zero-order chi connectivity index (χ0) is 14.0. The van der Waals surface area contributed by atoms with Gasteiger partial charge in [-0.15, -0.1) is 0 Å². The van der Waals surface area contributed by atoms with Crippen LogP contribution in [0, 0.1) is 13.8 Å². The van der Waals surface area contributed by atoms with E-state index in [1.807, 2.05) is 0 Å². The summed E-state index contributed by atoms with van der Waals surface area (Å²) in [6.45, 7) is 3.40. The van der Waals surface area contributed by atoms with Crippen molar-refractivity contribution < 1.29 is 13.9 Å². The third-order valence-electron chi connectivity index (χ3n) is 2.58. The SMILES string of the molecule is COc1ccc(N)cc1NC(=O)c1oc(C)nc1C. The van der Waals surface area contributed by atoms with Crippen LogP contribution in [0.4, 0.5) is 11.4 Å². The number of methoxy groups -OCH3 is 1. The lowest BCUT2D eigenvalue weighted by molar-refractivity contribution is 0.0994. The van der Waals surface area contributed by atoms with Crippen molar-refractivity contribution in [2.45, 2.75) is 13.8 Å². The van der Waals surface area contributed by atoms with Crippen molar-refractivity contribution in [2.75, 3.05) is 18.2 Å². The molecule has 0 radical (unpaired) electrons. The van der Waals surface area contributed by atoms with Gasteiger partial charge in [0.15, 0.2) is 5.89 Å². The molecule has 1 aromatic carbocycles. The molecule has 0 saturated carbocycles. The van der Waals surface area contributed by atoms with E-state index in [1.54, 1.807) is 32.0 Å². The van der Waals surface area contributed by atoms with E-state index in [4.69, 9.17) is 14.9 Å². The first-order valence-corrected chi connectivity index (χ1v) is 5.70. The van der Waals surface area contributed by atoms with Gasteiger partial charge < -0.3 is 20.2 Å². The molecule has 0 aliphatic rings. The first-order chi connectivity index (χ1) is 9.01. The highest BCUT2D eigenvalue weighted by Crippen LogP contribution is 2.27. The smallest absolute Gasteiger partial charge is 0.293 e. The minimum Gasteiger partial charge on any atom is -0.495 e. The molecule has 0 saturated heterocycles. The number of ether oxygens (including phenoxy) is 1. The molecule has 100 valence electrons. The molecule has 6 heteroatoms. The predicted molar refractivity (Wildman–Crippen MR) is 71.3 cm³/mol. The highest BCUT2D eigenvalue weighted by molar-refractivity contribution is 6.04. The number of amides is 1. The van der Waals surface area contributed by atoms with E-state index in [9.17, 15) is 4.79 Å². The molecular weight excluding hydrogens is 246 g/mol. The van der Waals surface area contributed by atoms with Crippen molar-refractivity contribution in [3.63, 3.8) is 0 Å². The van der Waals surface area contributed by atoms with Crippen molar-refractivity contribution in [1.29, 1.82) is 0 Å². The number of nitrogens with one attached hydrogen (secondary N) is 1. The number of nitrogens with zero attached hydrogens (tertiary/aromatic N) is 1. The third kappa shape index (κ3) is 2.67. The Morgan fingerprint density at radius 3 is 2.74 bits per heavy atom. The highest BCUT2D eigenvalue weighted by Gasteiger charge is 2.17. The predicted octanol–water partition coefficient (Wildman–Crippen LogP) is 2.13. The highest BCUT2D eigenvalue weighted by atomic mass is 16.5. The van der Waals surface area contributed by atoms with Crippen LogP contribution in [-0.4, -0.2) is 18.0 Å². The van der Waals surface area contributed by atoms with Crippen LogP contribution in [-0.2, 0) is 0 Å². The average molecular weight is 261 g/mol. The number of rotatable bonds is 3. The van der Waals surface area contributed by atoms with Gasteiger partial charge in [0.25, 0.3) is 5.91 Å². The standard InChI is InChI=1S/C13H15N3O3/c1-7-12(19-8(2)15-7)13(17)16-10-6-9(14)4-5-11(10)18-3/h4-6H,14H2,1-3H3,(H,16,17). The molecule has 0 atom stereocenters. The second kappa shape index (κ2) is 5.01. The van der Waals surface area contributed by atoms with Crippen molar-refractivity contribution in [1.82, 2.24) is 4.98 Å². The number of carbonyl (C=O) groups is 1. The van der Waals surface area contributed by atoms with E-state index in [2.05, 4.69) is 10.3 Å². The molecule has 19 heavy (non-hydrogen) atoms. The van der Waals surface area contributed by atoms with Crippen molar-refractivity contribution in [3.05, 3.63) is 35.5 Å². The molecule has 0 bridgehead atoms. The number of oxazole rings is 1. The summed E-state index contributed by atoms with van der Waals surface area (Å²) in [6.07, 6.45) is 0. The van der Waals surface area contributed by atoms with Gasteiger partial charge in [-0.1, -0.05) is 0 Å². The van der Waals surface area contributed by atoms with E-state index in [0.29, 0.717) is 28.7 Å². The van der Waals surface area contributed by atoms with E-state index < -0.39 is 0 Å². The summed E-state index contributed by atoms with van der Waals surface area (Å²) in [4.78, 5) is 16.1. The lowest BCUT2D eigenvalue weighted by Gasteiger charge is -2.10. The average Bonchev–Trinajstić information content (AvgIpc) is 2.69. The maximum absolute atomic E-state index is 12.1. The van der Waals surface area contributed by atoms with Gasteiger partial charge in [-0.2, -0.15) is 0 Å². The number of carbonyl (C=O) groups excluding carboxylic acids is 1. The van der Waals surface area contributed by atoms with Gasteiger partial charge in [0, 0.05) is 12.6 Å². The normalized spacial score (nSPS) is 10.3. The molecular formula is C13H15N3O3. The first kappa shape index (κ1) is 12.9. The number of aromatic nitrogens is 1. The quantitative estimate of drug-likeness (QED) is 0.826. The maximum Gasteiger partial charge on any atom is 0.293 e. The number of benzene rings is 1. The second-order valence-electron chi connectivity index (χ2n) is 4.06. The summed E-state index contributed by atoms with van der Waals surface area (Å²) in [5, 5.41) is 2.70. The van der Waals surface area contributed by atoms with Gasteiger partial charge >= 0.3 is 0 Å². The van der Waals surface area contributed by atoms with Crippen LogP contribution in [0.5, 0.6) is 5.75 Å². The number of nitrogens with two attached hydrogens (primary N) is 1. The molecule has 2 aromatic rings. The lowest BCUT2D eigenvalue weighted by Crippen LogP contribution is -2.13. The van der Waals surface area contributed by atoms with Crippen LogP contribution >= 0.6 is 0 Å². The fourth-order valence-electron chi connectivity index (χ4n) is 1.74. The van der Waals surface area contributed by atoms with Crippen LogP contribution in [0.25, 0.3) is 0 Å². The summed E-state index contributed by atoms with van der Waals surface area (Å²) >= 11 is 0. The topological polar surface area (TPSA) is 90.4 Å². The molecule has 1 aromatic heterocycles. The fourth-order valence-corrected chi connectivity index (χ4v) is 1.74. The summed E-state index contributed by atoms with van der Waals surface area (Å²) in [6, 6.07) is 5.00. The molecule has 3 N–H and O–H groups in total. The van der Waals surface area contributed by atoms with E-state index >= 15 is 0 Å². The van der Waals surface area contributed by atoms with Crippen LogP contribution in [0.1, 0.15) is 22.1 Å². The Morgan fingerprint density at radius 1 is 1.42 bits per heavy atom. The molecule has 0 unspecified atom stereocenters. The molecule has 6 nitrogen and oxygen atoms in total. The molecule has 0 fully saturated rings. The minimum atomic E-state index is -0.387. The molecule has 0 aliphatic heterocycles. The molecule has 1 heterocycles. The van der Waals surface area contributed by atoms with Gasteiger partial charge in [0.1, 0.15) is 5.75 Å². The minimum absolute atomic E-state index is 0.182. The van der Waals surface area contributed by atoms with Gasteiger partial charge in [-0.3, -0.25) is 4.79 Å². The lowest BCUT2D eigenvalue weighted by atomic mass is 10.2. The molecule has 2 rings (SSSR count). The van der Waals surface area contributed by atoms with Gasteiger partial charge in [0.2, 0.25) is 5.76 Å². The zero-order valence-corrected chi connectivity index (χ0v) is 11.0. The fraction of sp³-hybridized carbons (Fsp3) is 0.231. The van der Waals surface area contributed by atoms with Crippen LogP contribution in [0.2, 0.25) is 0 Å². The maximum atomic E-state index is 12.1. The monoisotopic (exact) mass is 261 g/mol. The summed E-state index contributed by atoms with van der Waals surface area (Å²) in [5.74, 6) is 0.766. The van der Waals surface area contributed by atoms with E-state index in [-0.39, 0.29) is 11.7 Å². The van der Waals surface area contributed by atoms with Crippen LogP contribution in [0.3, 0.4) is 0 Å². The number of nitrogen functional groups attached to an aromatic ring is 1. The second-order valence-corrected chi connectivity index (χ2v) is 4.06.